The molecular weight excluding hydrogens is 184 g/mol. The molecule has 0 aromatic heterocycles. The van der Waals surface area contributed by atoms with E-state index in [9.17, 15) is 0 Å². The molecule has 1 aliphatic rings. The normalized spacial score (nSPS) is 24.6. The molecule has 0 saturated carbocycles. The van der Waals surface area contributed by atoms with Gasteiger partial charge in [0.05, 0.1) is 0 Å². The van der Waals surface area contributed by atoms with Crippen LogP contribution in [0.15, 0.2) is 0 Å². The first-order valence-corrected chi connectivity index (χ1v) is 6.75. The maximum atomic E-state index is 3.73. The summed E-state index contributed by atoms with van der Waals surface area (Å²) in [5.41, 5.74) is 0. The average Bonchev–Trinajstić information content (AvgIpc) is 2.72. The Morgan fingerprint density at radius 3 is 2.67 bits per heavy atom. The number of nitrogens with one attached hydrogen (secondary N) is 1. The van der Waals surface area contributed by atoms with Gasteiger partial charge in [-0.2, -0.15) is 0 Å². The SMILES string of the molecule is CCCC(CC)NCC1CCN(CC)C1. The lowest BCUT2D eigenvalue weighted by atomic mass is 10.1. The number of rotatable bonds is 7. The minimum Gasteiger partial charge on any atom is -0.314 e. The van der Waals surface area contributed by atoms with Crippen LogP contribution in [0.4, 0.5) is 0 Å². The molecule has 90 valence electrons. The third-order valence-corrected chi connectivity index (χ3v) is 3.64. The van der Waals surface area contributed by atoms with Gasteiger partial charge in [0, 0.05) is 12.6 Å². The molecule has 2 unspecified atom stereocenters. The molecule has 2 nitrogen and oxygen atoms in total. The molecule has 15 heavy (non-hydrogen) atoms. The van der Waals surface area contributed by atoms with Gasteiger partial charge in [0.1, 0.15) is 0 Å². The van der Waals surface area contributed by atoms with E-state index in [0.717, 1.165) is 12.0 Å². The van der Waals surface area contributed by atoms with Gasteiger partial charge in [0.25, 0.3) is 0 Å². The zero-order chi connectivity index (χ0) is 11.1. The third-order valence-electron chi connectivity index (χ3n) is 3.64. The van der Waals surface area contributed by atoms with Gasteiger partial charge in [0.2, 0.25) is 0 Å². The quantitative estimate of drug-likeness (QED) is 0.697. The maximum Gasteiger partial charge on any atom is 0.00644 e. The summed E-state index contributed by atoms with van der Waals surface area (Å²) in [6, 6.07) is 0.755. The highest BCUT2D eigenvalue weighted by Gasteiger charge is 2.21. The van der Waals surface area contributed by atoms with Crippen molar-refractivity contribution < 1.29 is 0 Å². The van der Waals surface area contributed by atoms with E-state index in [0.29, 0.717) is 0 Å². The van der Waals surface area contributed by atoms with Crippen molar-refractivity contribution in [1.82, 2.24) is 10.2 Å². The van der Waals surface area contributed by atoms with Gasteiger partial charge in [0.15, 0.2) is 0 Å². The second-order valence-corrected chi connectivity index (χ2v) is 4.85. The van der Waals surface area contributed by atoms with E-state index in [1.807, 2.05) is 0 Å². The lowest BCUT2D eigenvalue weighted by molar-refractivity contribution is 0.332. The van der Waals surface area contributed by atoms with E-state index in [2.05, 4.69) is 31.0 Å². The van der Waals surface area contributed by atoms with Crippen LogP contribution < -0.4 is 5.32 Å². The summed E-state index contributed by atoms with van der Waals surface area (Å²) in [6.07, 6.45) is 5.30. The number of hydrogen-bond donors (Lipinski definition) is 1. The zero-order valence-electron chi connectivity index (χ0n) is 10.8. The number of hydrogen-bond acceptors (Lipinski definition) is 2. The Balaban J connectivity index is 2.13. The van der Waals surface area contributed by atoms with Gasteiger partial charge in [-0.25, -0.2) is 0 Å². The summed E-state index contributed by atoms with van der Waals surface area (Å²) in [5, 5.41) is 3.73. The lowest BCUT2D eigenvalue weighted by Crippen LogP contribution is -2.34. The van der Waals surface area contributed by atoms with E-state index in [-0.39, 0.29) is 0 Å². The van der Waals surface area contributed by atoms with Gasteiger partial charge in [-0.15, -0.1) is 0 Å². The van der Waals surface area contributed by atoms with Crippen LogP contribution in [0.5, 0.6) is 0 Å². The topological polar surface area (TPSA) is 15.3 Å². The predicted molar refractivity (Wildman–Crippen MR) is 67.2 cm³/mol. The summed E-state index contributed by atoms with van der Waals surface area (Å²) >= 11 is 0. The van der Waals surface area contributed by atoms with Gasteiger partial charge < -0.3 is 10.2 Å². The van der Waals surface area contributed by atoms with Crippen molar-refractivity contribution in [2.24, 2.45) is 5.92 Å². The molecule has 1 aliphatic heterocycles. The molecule has 0 aliphatic carbocycles. The summed E-state index contributed by atoms with van der Waals surface area (Å²) in [5.74, 6) is 0.899. The minimum atomic E-state index is 0.755. The fraction of sp³-hybridized carbons (Fsp3) is 1.00. The van der Waals surface area contributed by atoms with E-state index in [4.69, 9.17) is 0 Å². The predicted octanol–water partition coefficient (Wildman–Crippen LogP) is 2.50. The standard InChI is InChI=1S/C13H28N2/c1-4-7-13(5-2)14-10-12-8-9-15(6-3)11-12/h12-14H,4-11H2,1-3H3. The first kappa shape index (κ1) is 13.0. The van der Waals surface area contributed by atoms with Crippen LogP contribution in [0.2, 0.25) is 0 Å². The van der Waals surface area contributed by atoms with Crippen molar-refractivity contribution in [2.75, 3.05) is 26.2 Å². The maximum absolute atomic E-state index is 3.73. The van der Waals surface area contributed by atoms with E-state index >= 15 is 0 Å². The summed E-state index contributed by atoms with van der Waals surface area (Å²) in [4.78, 5) is 2.56. The Hall–Kier alpha value is -0.0800. The van der Waals surface area contributed by atoms with Crippen LogP contribution in [0, 0.1) is 5.92 Å². The molecule has 0 spiro atoms. The Morgan fingerprint density at radius 1 is 1.33 bits per heavy atom. The molecule has 2 atom stereocenters. The monoisotopic (exact) mass is 212 g/mol. The molecule has 0 bridgehead atoms. The van der Waals surface area contributed by atoms with Crippen LogP contribution in [0.25, 0.3) is 0 Å². The second-order valence-electron chi connectivity index (χ2n) is 4.85. The van der Waals surface area contributed by atoms with Gasteiger partial charge >= 0.3 is 0 Å². The molecule has 1 heterocycles. The smallest absolute Gasteiger partial charge is 0.00644 e. The van der Waals surface area contributed by atoms with Crippen molar-refractivity contribution in [2.45, 2.75) is 52.5 Å². The summed E-state index contributed by atoms with van der Waals surface area (Å²) in [6.45, 7) is 11.9. The van der Waals surface area contributed by atoms with E-state index < -0.39 is 0 Å². The lowest BCUT2D eigenvalue weighted by Gasteiger charge is -2.19. The Bertz CT molecular complexity index is 159. The minimum absolute atomic E-state index is 0.755. The molecule has 0 aromatic carbocycles. The second kappa shape index (κ2) is 7.24. The molecule has 1 fully saturated rings. The van der Waals surface area contributed by atoms with Crippen molar-refractivity contribution in [3.63, 3.8) is 0 Å². The van der Waals surface area contributed by atoms with Gasteiger partial charge in [-0.1, -0.05) is 27.2 Å². The van der Waals surface area contributed by atoms with Gasteiger partial charge in [-0.05, 0) is 44.8 Å². The third kappa shape index (κ3) is 4.52. The van der Waals surface area contributed by atoms with E-state index in [1.54, 1.807) is 0 Å². The number of likely N-dealkylation sites (tertiary alicyclic amines) is 1. The van der Waals surface area contributed by atoms with E-state index in [1.165, 1.54) is 51.9 Å². The molecular formula is C13H28N2. The highest BCUT2D eigenvalue weighted by Crippen LogP contribution is 2.15. The molecule has 0 radical (unpaired) electrons. The molecule has 2 heteroatoms. The van der Waals surface area contributed by atoms with Crippen LogP contribution in [-0.4, -0.2) is 37.1 Å². The first-order chi connectivity index (χ1) is 7.30. The zero-order valence-corrected chi connectivity index (χ0v) is 10.8. The molecule has 0 amide bonds. The Morgan fingerprint density at radius 2 is 2.13 bits per heavy atom. The molecule has 1 N–H and O–H groups in total. The first-order valence-electron chi connectivity index (χ1n) is 6.75. The van der Waals surface area contributed by atoms with Crippen molar-refractivity contribution in [1.29, 1.82) is 0 Å². The largest absolute Gasteiger partial charge is 0.314 e. The highest BCUT2D eigenvalue weighted by molar-refractivity contribution is 4.77. The van der Waals surface area contributed by atoms with Crippen molar-refractivity contribution in [3.8, 4) is 0 Å². The fourth-order valence-corrected chi connectivity index (χ4v) is 2.50. The van der Waals surface area contributed by atoms with Crippen LogP contribution >= 0.6 is 0 Å². The van der Waals surface area contributed by atoms with Crippen LogP contribution in [0.3, 0.4) is 0 Å². The Kier molecular flexibility index (Phi) is 6.26. The van der Waals surface area contributed by atoms with Crippen molar-refractivity contribution in [3.05, 3.63) is 0 Å². The fourth-order valence-electron chi connectivity index (χ4n) is 2.50. The molecule has 1 saturated heterocycles. The summed E-state index contributed by atoms with van der Waals surface area (Å²) < 4.78 is 0. The average molecular weight is 212 g/mol. The highest BCUT2D eigenvalue weighted by atomic mass is 15.1. The van der Waals surface area contributed by atoms with Crippen LogP contribution in [-0.2, 0) is 0 Å². The molecule has 0 aromatic rings. The Labute approximate surface area is 95.4 Å². The molecule has 1 rings (SSSR count). The summed E-state index contributed by atoms with van der Waals surface area (Å²) in [7, 11) is 0. The number of nitrogens with zero attached hydrogens (tertiary/aromatic N) is 1. The van der Waals surface area contributed by atoms with Crippen LogP contribution in [0.1, 0.15) is 46.5 Å². The van der Waals surface area contributed by atoms with Gasteiger partial charge in [-0.3, -0.25) is 0 Å². The van der Waals surface area contributed by atoms with Crippen molar-refractivity contribution >= 4 is 0 Å².